The Morgan fingerprint density at radius 2 is 1.85 bits per heavy atom. The highest BCUT2D eigenvalue weighted by Gasteiger charge is 2.28. The van der Waals surface area contributed by atoms with Crippen molar-refractivity contribution in [3.63, 3.8) is 0 Å². The standard InChI is InChI=1S/C6H14N2.C2H8O2Si/c1-4(5(2)7)6-3-8-6;1-3-5-4-2/h4-6,8H,3,7H2,1-2H3;5H2,1-2H3. The molecule has 0 amide bonds. The highest BCUT2D eigenvalue weighted by Crippen LogP contribution is 2.13. The Labute approximate surface area is 83.2 Å². The fourth-order valence-corrected chi connectivity index (χ4v) is 1.16. The normalized spacial score (nSPS) is 24.2. The van der Waals surface area contributed by atoms with Crippen molar-refractivity contribution in [3.05, 3.63) is 0 Å². The van der Waals surface area contributed by atoms with Gasteiger partial charge in [0.1, 0.15) is 0 Å². The number of rotatable bonds is 4. The van der Waals surface area contributed by atoms with Gasteiger partial charge in [0.05, 0.1) is 0 Å². The predicted octanol–water partition coefficient (Wildman–Crippen LogP) is -0.781. The summed E-state index contributed by atoms with van der Waals surface area (Å²) >= 11 is 0. The molecular formula is C8H22N2O2Si. The smallest absolute Gasteiger partial charge is 0.303 e. The van der Waals surface area contributed by atoms with Gasteiger partial charge in [0.25, 0.3) is 0 Å². The van der Waals surface area contributed by atoms with Crippen molar-refractivity contribution in [2.45, 2.75) is 25.9 Å². The minimum Gasteiger partial charge on any atom is -0.402 e. The molecule has 1 heterocycles. The van der Waals surface area contributed by atoms with E-state index in [4.69, 9.17) is 5.73 Å². The molecule has 3 unspecified atom stereocenters. The number of nitrogens with one attached hydrogen (secondary N) is 1. The molecule has 1 aliphatic heterocycles. The van der Waals surface area contributed by atoms with Gasteiger partial charge in [-0.2, -0.15) is 0 Å². The fourth-order valence-electron chi connectivity index (χ4n) is 0.924. The second-order valence-corrected chi connectivity index (χ2v) is 4.82. The molecule has 13 heavy (non-hydrogen) atoms. The van der Waals surface area contributed by atoms with Crippen molar-refractivity contribution in [1.82, 2.24) is 5.32 Å². The molecule has 0 spiro atoms. The van der Waals surface area contributed by atoms with Crippen molar-refractivity contribution < 1.29 is 8.85 Å². The summed E-state index contributed by atoms with van der Waals surface area (Å²) in [6, 6.07) is 1.06. The van der Waals surface area contributed by atoms with Crippen LogP contribution in [0, 0.1) is 5.92 Å². The van der Waals surface area contributed by atoms with Crippen LogP contribution < -0.4 is 11.1 Å². The summed E-state index contributed by atoms with van der Waals surface area (Å²) in [5.74, 6) is 0.648. The first-order chi connectivity index (χ1) is 6.13. The molecule has 0 bridgehead atoms. The van der Waals surface area contributed by atoms with Crippen molar-refractivity contribution in [1.29, 1.82) is 0 Å². The van der Waals surface area contributed by atoms with Crippen LogP contribution in [0.4, 0.5) is 0 Å². The molecule has 1 fully saturated rings. The van der Waals surface area contributed by atoms with Gasteiger partial charge in [-0.25, -0.2) is 0 Å². The lowest BCUT2D eigenvalue weighted by atomic mass is 10.0. The average Bonchev–Trinajstić information content (AvgIpc) is 2.88. The minimum absolute atomic E-state index is 0.343. The van der Waals surface area contributed by atoms with Gasteiger partial charge in [0, 0.05) is 32.8 Å². The van der Waals surface area contributed by atoms with E-state index in [1.807, 2.05) is 0 Å². The summed E-state index contributed by atoms with van der Waals surface area (Å²) in [6.45, 7) is 5.42. The third-order valence-electron chi connectivity index (χ3n) is 2.14. The van der Waals surface area contributed by atoms with Gasteiger partial charge in [-0.15, -0.1) is 0 Å². The fraction of sp³-hybridized carbons (Fsp3) is 1.00. The number of hydrogen-bond donors (Lipinski definition) is 2. The second kappa shape index (κ2) is 7.46. The summed E-state index contributed by atoms with van der Waals surface area (Å²) in [6.07, 6.45) is 0. The van der Waals surface area contributed by atoms with Gasteiger partial charge in [0.15, 0.2) is 0 Å². The molecule has 1 aliphatic rings. The minimum atomic E-state index is -0.568. The molecule has 1 rings (SSSR count). The molecular weight excluding hydrogens is 184 g/mol. The van der Waals surface area contributed by atoms with Crippen molar-refractivity contribution in [2.75, 3.05) is 20.8 Å². The maximum Gasteiger partial charge on any atom is 0.303 e. The Morgan fingerprint density at radius 1 is 1.38 bits per heavy atom. The lowest BCUT2D eigenvalue weighted by molar-refractivity contribution is 0.309. The molecule has 80 valence electrons. The molecule has 3 N–H and O–H groups in total. The van der Waals surface area contributed by atoms with E-state index in [1.165, 1.54) is 6.54 Å². The topological polar surface area (TPSA) is 66.4 Å². The quantitative estimate of drug-likeness (QED) is 0.468. The van der Waals surface area contributed by atoms with Crippen molar-refractivity contribution in [3.8, 4) is 0 Å². The van der Waals surface area contributed by atoms with Crippen molar-refractivity contribution >= 4 is 10.0 Å². The molecule has 1 saturated heterocycles. The van der Waals surface area contributed by atoms with Gasteiger partial charge in [-0.3, -0.25) is 0 Å². The summed E-state index contributed by atoms with van der Waals surface area (Å²) < 4.78 is 9.22. The van der Waals surface area contributed by atoms with Crippen LogP contribution in [0.1, 0.15) is 13.8 Å². The molecule has 0 aromatic carbocycles. The molecule has 4 nitrogen and oxygen atoms in total. The lowest BCUT2D eigenvalue weighted by Crippen LogP contribution is -2.28. The Morgan fingerprint density at radius 3 is 1.92 bits per heavy atom. The van der Waals surface area contributed by atoms with Gasteiger partial charge in [-0.1, -0.05) is 6.92 Å². The zero-order valence-corrected chi connectivity index (χ0v) is 10.5. The SMILES string of the molecule is CC(N)C(C)C1CN1.CO[SiH2]OC. The van der Waals surface area contributed by atoms with Crippen LogP contribution in [0.15, 0.2) is 0 Å². The third kappa shape index (κ3) is 7.15. The van der Waals surface area contributed by atoms with Crippen LogP contribution >= 0.6 is 0 Å². The first kappa shape index (κ1) is 13.1. The lowest BCUT2D eigenvalue weighted by Gasteiger charge is -2.11. The van der Waals surface area contributed by atoms with E-state index in [0.717, 1.165) is 6.04 Å². The van der Waals surface area contributed by atoms with Crippen LogP contribution in [0.25, 0.3) is 0 Å². The molecule has 0 aromatic heterocycles. The van der Waals surface area contributed by atoms with E-state index in [9.17, 15) is 0 Å². The van der Waals surface area contributed by atoms with Gasteiger partial charge in [-0.05, 0) is 12.8 Å². The van der Waals surface area contributed by atoms with E-state index in [2.05, 4.69) is 28.0 Å². The van der Waals surface area contributed by atoms with E-state index in [0.29, 0.717) is 12.0 Å². The summed E-state index contributed by atoms with van der Waals surface area (Å²) in [5, 5.41) is 3.24. The van der Waals surface area contributed by atoms with Crippen LogP contribution in [-0.4, -0.2) is 42.9 Å². The van der Waals surface area contributed by atoms with Crippen molar-refractivity contribution in [2.24, 2.45) is 11.7 Å². The maximum absolute atomic E-state index is 5.64. The van der Waals surface area contributed by atoms with E-state index in [1.54, 1.807) is 14.2 Å². The van der Waals surface area contributed by atoms with Gasteiger partial charge < -0.3 is 19.9 Å². The predicted molar refractivity (Wildman–Crippen MR) is 57.2 cm³/mol. The first-order valence-electron chi connectivity index (χ1n) is 4.60. The van der Waals surface area contributed by atoms with Crippen LogP contribution in [0.3, 0.4) is 0 Å². The maximum atomic E-state index is 5.64. The Balaban J connectivity index is 0.000000252. The van der Waals surface area contributed by atoms with Crippen LogP contribution in [0.2, 0.25) is 0 Å². The summed E-state index contributed by atoms with van der Waals surface area (Å²) in [4.78, 5) is 0. The molecule has 0 radical (unpaired) electrons. The Hall–Kier alpha value is 0.0569. The van der Waals surface area contributed by atoms with Crippen LogP contribution in [0.5, 0.6) is 0 Å². The molecule has 0 saturated carbocycles. The average molecular weight is 206 g/mol. The number of nitrogens with two attached hydrogens (primary N) is 1. The number of hydrogen-bond acceptors (Lipinski definition) is 4. The zero-order chi connectivity index (χ0) is 10.3. The molecule has 3 atom stereocenters. The van der Waals surface area contributed by atoms with Gasteiger partial charge >= 0.3 is 10.0 Å². The van der Waals surface area contributed by atoms with Gasteiger partial charge in [0.2, 0.25) is 0 Å². The summed E-state index contributed by atoms with van der Waals surface area (Å²) in [7, 11) is 2.73. The highest BCUT2D eigenvalue weighted by molar-refractivity contribution is 6.17. The highest BCUT2D eigenvalue weighted by atomic mass is 28.3. The molecule has 0 aliphatic carbocycles. The van der Waals surface area contributed by atoms with Crippen LogP contribution in [-0.2, 0) is 8.85 Å². The Bertz CT molecular complexity index is 117. The van der Waals surface area contributed by atoms with E-state index in [-0.39, 0.29) is 0 Å². The van der Waals surface area contributed by atoms with E-state index < -0.39 is 10.0 Å². The largest absolute Gasteiger partial charge is 0.402 e. The summed E-state index contributed by atoms with van der Waals surface area (Å²) in [5.41, 5.74) is 5.64. The van der Waals surface area contributed by atoms with E-state index >= 15 is 0 Å². The molecule has 0 aromatic rings. The third-order valence-corrected chi connectivity index (χ3v) is 2.61. The monoisotopic (exact) mass is 206 g/mol. The molecule has 5 heteroatoms. The first-order valence-corrected chi connectivity index (χ1v) is 5.75. The Kier molecular flexibility index (Phi) is 7.49. The zero-order valence-electron chi connectivity index (χ0n) is 9.04. The second-order valence-electron chi connectivity index (χ2n) is 3.43.